The standard InChI is InChI=1S/C22H28N4O4/c1-26-19(12-13-23-26)21(28)24-17-10-8-16(9-11-17)20(27)25-18(22(29)30-2)14-15-6-4-3-5-7-15/h3-7,12-13,16-18H,8-11,14H2,1-2H3,(H,24,28)(H,25,27). The molecular formula is C22H28N4O4. The second-order valence-corrected chi connectivity index (χ2v) is 7.64. The van der Waals surface area contributed by atoms with Gasteiger partial charge >= 0.3 is 5.97 Å². The van der Waals surface area contributed by atoms with Gasteiger partial charge in [0.2, 0.25) is 5.91 Å². The van der Waals surface area contributed by atoms with Crippen molar-refractivity contribution in [3.63, 3.8) is 0 Å². The van der Waals surface area contributed by atoms with E-state index < -0.39 is 12.0 Å². The molecule has 0 bridgehead atoms. The number of aryl methyl sites for hydroxylation is 1. The third kappa shape index (κ3) is 5.46. The van der Waals surface area contributed by atoms with E-state index in [9.17, 15) is 14.4 Å². The summed E-state index contributed by atoms with van der Waals surface area (Å²) >= 11 is 0. The zero-order valence-corrected chi connectivity index (χ0v) is 17.3. The zero-order valence-electron chi connectivity index (χ0n) is 17.3. The molecule has 2 N–H and O–H groups in total. The van der Waals surface area contributed by atoms with Gasteiger partial charge in [0.15, 0.2) is 0 Å². The quantitative estimate of drug-likeness (QED) is 0.673. The summed E-state index contributed by atoms with van der Waals surface area (Å²) in [5.41, 5.74) is 1.46. The molecule has 0 radical (unpaired) electrons. The molecule has 2 aromatic rings. The summed E-state index contributed by atoms with van der Waals surface area (Å²) in [6, 6.07) is 10.5. The van der Waals surface area contributed by atoms with Crippen LogP contribution in [0.15, 0.2) is 42.6 Å². The van der Waals surface area contributed by atoms with E-state index >= 15 is 0 Å². The van der Waals surface area contributed by atoms with Crippen molar-refractivity contribution in [2.75, 3.05) is 7.11 Å². The number of methoxy groups -OCH3 is 1. The number of amides is 2. The summed E-state index contributed by atoms with van der Waals surface area (Å²) < 4.78 is 6.41. The first-order chi connectivity index (χ1) is 14.5. The summed E-state index contributed by atoms with van der Waals surface area (Å²) in [4.78, 5) is 37.3. The molecule has 30 heavy (non-hydrogen) atoms. The van der Waals surface area contributed by atoms with E-state index in [0.29, 0.717) is 37.8 Å². The first-order valence-electron chi connectivity index (χ1n) is 10.2. The molecule has 1 aromatic heterocycles. The van der Waals surface area contributed by atoms with Crippen LogP contribution in [-0.2, 0) is 27.8 Å². The SMILES string of the molecule is COC(=O)C(Cc1ccccc1)NC(=O)C1CCC(NC(=O)c2ccnn2C)CC1. The Kier molecular flexibility index (Phi) is 7.21. The molecule has 0 spiro atoms. The van der Waals surface area contributed by atoms with Crippen LogP contribution in [0, 0.1) is 5.92 Å². The Balaban J connectivity index is 1.51. The number of benzene rings is 1. The predicted molar refractivity (Wildman–Crippen MR) is 111 cm³/mol. The molecule has 0 saturated heterocycles. The van der Waals surface area contributed by atoms with Crippen LogP contribution in [0.25, 0.3) is 0 Å². The Morgan fingerprint density at radius 2 is 1.83 bits per heavy atom. The van der Waals surface area contributed by atoms with E-state index in [-0.39, 0.29) is 23.8 Å². The maximum absolute atomic E-state index is 12.8. The Morgan fingerprint density at radius 1 is 1.13 bits per heavy atom. The summed E-state index contributed by atoms with van der Waals surface area (Å²) in [5.74, 6) is -0.934. The highest BCUT2D eigenvalue weighted by Gasteiger charge is 2.30. The van der Waals surface area contributed by atoms with Gasteiger partial charge < -0.3 is 15.4 Å². The molecule has 1 aliphatic rings. The van der Waals surface area contributed by atoms with Crippen molar-refractivity contribution in [3.8, 4) is 0 Å². The molecule has 8 heteroatoms. The maximum atomic E-state index is 12.8. The summed E-state index contributed by atoms with van der Waals surface area (Å²) in [5, 5.41) is 9.89. The lowest BCUT2D eigenvalue weighted by Gasteiger charge is -2.29. The number of nitrogens with one attached hydrogen (secondary N) is 2. The number of hydrogen-bond donors (Lipinski definition) is 2. The number of carbonyl (C=O) groups excluding carboxylic acids is 3. The van der Waals surface area contributed by atoms with Gasteiger partial charge in [0.25, 0.3) is 5.91 Å². The molecule has 2 amide bonds. The van der Waals surface area contributed by atoms with Crippen molar-refractivity contribution in [3.05, 3.63) is 53.9 Å². The highest BCUT2D eigenvalue weighted by molar-refractivity contribution is 5.92. The van der Waals surface area contributed by atoms with Gasteiger partial charge in [0.1, 0.15) is 11.7 Å². The minimum Gasteiger partial charge on any atom is -0.467 e. The van der Waals surface area contributed by atoms with E-state index in [1.807, 2.05) is 30.3 Å². The highest BCUT2D eigenvalue weighted by Crippen LogP contribution is 2.25. The molecule has 1 aliphatic carbocycles. The zero-order chi connectivity index (χ0) is 21.5. The van der Waals surface area contributed by atoms with Crippen LogP contribution in [-0.4, -0.2) is 46.8 Å². The largest absolute Gasteiger partial charge is 0.467 e. The highest BCUT2D eigenvalue weighted by atomic mass is 16.5. The third-order valence-corrected chi connectivity index (χ3v) is 5.57. The lowest BCUT2D eigenvalue weighted by atomic mass is 9.85. The topological polar surface area (TPSA) is 102 Å². The molecule has 1 unspecified atom stereocenters. The van der Waals surface area contributed by atoms with Gasteiger partial charge in [-0.05, 0) is 37.3 Å². The molecule has 1 fully saturated rings. The minimum absolute atomic E-state index is 0.0252. The van der Waals surface area contributed by atoms with Crippen molar-refractivity contribution in [1.82, 2.24) is 20.4 Å². The van der Waals surface area contributed by atoms with Crippen molar-refractivity contribution < 1.29 is 19.1 Å². The van der Waals surface area contributed by atoms with Crippen LogP contribution in [0.2, 0.25) is 0 Å². The maximum Gasteiger partial charge on any atom is 0.328 e. The summed E-state index contributed by atoms with van der Waals surface area (Å²) in [6.07, 6.45) is 4.70. The second kappa shape index (κ2) is 10.0. The van der Waals surface area contributed by atoms with Gasteiger partial charge in [-0.25, -0.2) is 4.79 Å². The normalized spacial score (nSPS) is 19.5. The van der Waals surface area contributed by atoms with Crippen LogP contribution in [0.1, 0.15) is 41.7 Å². The lowest BCUT2D eigenvalue weighted by molar-refractivity contribution is -0.145. The fraction of sp³-hybridized carbons (Fsp3) is 0.455. The van der Waals surface area contributed by atoms with Crippen molar-refractivity contribution >= 4 is 17.8 Å². The smallest absolute Gasteiger partial charge is 0.328 e. The van der Waals surface area contributed by atoms with Crippen molar-refractivity contribution in [1.29, 1.82) is 0 Å². The van der Waals surface area contributed by atoms with E-state index in [1.165, 1.54) is 11.8 Å². The van der Waals surface area contributed by atoms with Crippen LogP contribution in [0.4, 0.5) is 0 Å². The first-order valence-corrected chi connectivity index (χ1v) is 10.2. The lowest BCUT2D eigenvalue weighted by Crippen LogP contribution is -2.47. The molecule has 1 saturated carbocycles. The average molecular weight is 412 g/mol. The summed E-state index contributed by atoms with van der Waals surface area (Å²) in [7, 11) is 3.05. The van der Waals surface area contributed by atoms with Crippen LogP contribution in [0.3, 0.4) is 0 Å². The number of nitrogens with zero attached hydrogens (tertiary/aromatic N) is 2. The third-order valence-electron chi connectivity index (χ3n) is 5.57. The fourth-order valence-electron chi connectivity index (χ4n) is 3.83. The van der Waals surface area contributed by atoms with Gasteiger partial charge in [-0.15, -0.1) is 0 Å². The van der Waals surface area contributed by atoms with Gasteiger partial charge in [-0.3, -0.25) is 14.3 Å². The Bertz CT molecular complexity index is 872. The molecule has 1 aromatic carbocycles. The predicted octanol–water partition coefficient (Wildman–Crippen LogP) is 1.61. The van der Waals surface area contributed by atoms with Crippen molar-refractivity contribution in [2.45, 2.75) is 44.2 Å². The Hall–Kier alpha value is -3.16. The number of hydrogen-bond acceptors (Lipinski definition) is 5. The molecule has 3 rings (SSSR count). The monoisotopic (exact) mass is 412 g/mol. The first kappa shape index (κ1) is 21.5. The molecule has 160 valence electrons. The minimum atomic E-state index is -0.716. The van der Waals surface area contributed by atoms with E-state index in [0.717, 1.165) is 5.56 Å². The summed E-state index contributed by atoms with van der Waals surface area (Å²) in [6.45, 7) is 0. The molecule has 1 heterocycles. The Labute approximate surface area is 176 Å². The molecule has 1 atom stereocenters. The van der Waals surface area contributed by atoms with Gasteiger partial charge in [-0.1, -0.05) is 30.3 Å². The van der Waals surface area contributed by atoms with Crippen LogP contribution < -0.4 is 10.6 Å². The molecule has 8 nitrogen and oxygen atoms in total. The van der Waals surface area contributed by atoms with Gasteiger partial charge in [-0.2, -0.15) is 5.10 Å². The molecular weight excluding hydrogens is 384 g/mol. The van der Waals surface area contributed by atoms with Crippen molar-refractivity contribution in [2.24, 2.45) is 13.0 Å². The second-order valence-electron chi connectivity index (χ2n) is 7.64. The Morgan fingerprint density at radius 3 is 2.43 bits per heavy atom. The number of esters is 1. The van der Waals surface area contributed by atoms with E-state index in [2.05, 4.69) is 15.7 Å². The number of rotatable bonds is 7. The molecule has 0 aliphatic heterocycles. The van der Waals surface area contributed by atoms with Crippen LogP contribution >= 0.6 is 0 Å². The van der Waals surface area contributed by atoms with Crippen LogP contribution in [0.5, 0.6) is 0 Å². The number of ether oxygens (including phenoxy) is 1. The average Bonchev–Trinajstić information content (AvgIpc) is 3.20. The van der Waals surface area contributed by atoms with E-state index in [1.54, 1.807) is 19.3 Å². The van der Waals surface area contributed by atoms with Gasteiger partial charge in [0, 0.05) is 31.6 Å². The number of carbonyl (C=O) groups is 3. The number of aromatic nitrogens is 2. The fourth-order valence-corrected chi connectivity index (χ4v) is 3.83. The van der Waals surface area contributed by atoms with Gasteiger partial charge in [0.05, 0.1) is 7.11 Å². The van der Waals surface area contributed by atoms with E-state index in [4.69, 9.17) is 4.74 Å².